The van der Waals surface area contributed by atoms with Crippen molar-refractivity contribution in [2.45, 2.75) is 83.6 Å². The molecule has 0 amide bonds. The molecule has 5 unspecified atom stereocenters. The second-order valence-corrected chi connectivity index (χ2v) is 10.2. The molecule has 234 valence electrons. The highest BCUT2D eigenvalue weighted by molar-refractivity contribution is 5.79. The number of aromatic hydroxyl groups is 4. The lowest BCUT2D eigenvalue weighted by Gasteiger charge is -2.41. The molecule has 1 fully saturated rings. The summed E-state index contributed by atoms with van der Waals surface area (Å²) in [6.45, 7) is 3.19. The highest BCUT2D eigenvalue weighted by Gasteiger charge is 2.48. The predicted molar refractivity (Wildman–Crippen MR) is 147 cm³/mol. The molecule has 1 saturated heterocycles. The monoisotopic (exact) mass is 604 g/mol. The van der Waals surface area contributed by atoms with E-state index in [4.69, 9.17) is 23.7 Å². The third-order valence-electron chi connectivity index (χ3n) is 6.61. The molecule has 1 aliphatic rings. The van der Waals surface area contributed by atoms with Crippen LogP contribution >= 0.6 is 0 Å². The molecule has 0 radical (unpaired) electrons. The maximum absolute atomic E-state index is 13.1. The van der Waals surface area contributed by atoms with Crippen LogP contribution < -0.4 is 0 Å². The van der Waals surface area contributed by atoms with Crippen LogP contribution in [-0.2, 0) is 55.7 Å². The molecule has 1 heterocycles. The van der Waals surface area contributed by atoms with Gasteiger partial charge in [-0.25, -0.2) is 0 Å². The molecule has 0 saturated carbocycles. The summed E-state index contributed by atoms with van der Waals surface area (Å²) in [5.41, 5.74) is 1.27. The molecule has 0 bridgehead atoms. The third-order valence-corrected chi connectivity index (χ3v) is 6.61. The van der Waals surface area contributed by atoms with Crippen molar-refractivity contribution in [2.75, 3.05) is 6.61 Å². The topological polar surface area (TPSA) is 195 Å². The van der Waals surface area contributed by atoms with E-state index < -0.39 is 48.6 Å². The smallest absolute Gasteiger partial charge is 0.303 e. The van der Waals surface area contributed by atoms with Crippen molar-refractivity contribution < 1.29 is 63.3 Å². The molecule has 5 atom stereocenters. The molecule has 0 spiro atoms. The zero-order chi connectivity index (χ0) is 31.7. The number of carbonyl (C=O) groups is 4. The van der Waals surface area contributed by atoms with Gasteiger partial charge in [-0.3, -0.25) is 19.2 Å². The number of ether oxygens (including phenoxy) is 5. The minimum Gasteiger partial charge on any atom is -0.504 e. The molecular weight excluding hydrogens is 568 g/mol. The first-order chi connectivity index (χ1) is 20.3. The van der Waals surface area contributed by atoms with E-state index in [9.17, 15) is 39.6 Å². The van der Waals surface area contributed by atoms with Gasteiger partial charge in [0.05, 0.1) is 12.7 Å². The summed E-state index contributed by atoms with van der Waals surface area (Å²) in [6, 6.07) is 8.59. The average molecular weight is 605 g/mol. The maximum Gasteiger partial charge on any atom is 0.303 e. The zero-order valence-electron chi connectivity index (χ0n) is 24.1. The van der Waals surface area contributed by atoms with Crippen LogP contribution in [0.4, 0.5) is 0 Å². The zero-order valence-corrected chi connectivity index (χ0v) is 24.1. The van der Waals surface area contributed by atoms with Crippen molar-refractivity contribution in [1.29, 1.82) is 0 Å². The molecule has 2 aromatic rings. The van der Waals surface area contributed by atoms with Gasteiger partial charge in [0, 0.05) is 33.6 Å². The van der Waals surface area contributed by atoms with Crippen LogP contribution in [0.5, 0.6) is 23.0 Å². The van der Waals surface area contributed by atoms with E-state index in [-0.39, 0.29) is 61.1 Å². The van der Waals surface area contributed by atoms with Gasteiger partial charge in [-0.05, 0) is 54.7 Å². The van der Waals surface area contributed by atoms with Gasteiger partial charge < -0.3 is 44.1 Å². The number of phenols is 4. The Morgan fingerprint density at radius 1 is 0.767 bits per heavy atom. The lowest BCUT2D eigenvalue weighted by Crippen LogP contribution is -2.58. The lowest BCUT2D eigenvalue weighted by atomic mass is 9.99. The summed E-state index contributed by atoms with van der Waals surface area (Å²) in [6.07, 6.45) is -5.01. The summed E-state index contributed by atoms with van der Waals surface area (Å²) in [5, 5.41) is 38.8. The van der Waals surface area contributed by atoms with E-state index in [1.807, 2.05) is 0 Å². The van der Waals surface area contributed by atoms with E-state index in [1.165, 1.54) is 24.3 Å². The summed E-state index contributed by atoms with van der Waals surface area (Å²) in [7, 11) is 0. The Bertz CT molecular complexity index is 1310. The van der Waals surface area contributed by atoms with Gasteiger partial charge in [0.15, 0.2) is 47.6 Å². The van der Waals surface area contributed by atoms with Gasteiger partial charge in [-0.15, -0.1) is 0 Å². The van der Waals surface area contributed by atoms with Crippen LogP contribution in [0.2, 0.25) is 0 Å². The minimum atomic E-state index is -1.34. The molecule has 0 aliphatic carbocycles. The van der Waals surface area contributed by atoms with E-state index >= 15 is 0 Å². The van der Waals surface area contributed by atoms with E-state index in [0.29, 0.717) is 17.5 Å². The van der Waals surface area contributed by atoms with Gasteiger partial charge in [0.2, 0.25) is 0 Å². The summed E-state index contributed by atoms with van der Waals surface area (Å²) in [5.74, 6) is -3.52. The number of benzene rings is 2. The van der Waals surface area contributed by atoms with Crippen LogP contribution in [0.15, 0.2) is 36.4 Å². The van der Waals surface area contributed by atoms with Crippen LogP contribution in [0.1, 0.15) is 51.2 Å². The second-order valence-electron chi connectivity index (χ2n) is 10.2. The SMILES string of the molecule is CC(=O)OC1COC(OC(CCc2ccc(O)c(O)c2)CC(=O)CCc2ccc(O)c(O)c2)C(OC(C)=O)C1OC(C)=O. The van der Waals surface area contributed by atoms with Crippen LogP contribution in [0.25, 0.3) is 0 Å². The van der Waals surface area contributed by atoms with Crippen molar-refractivity contribution in [1.82, 2.24) is 0 Å². The Labute approximate surface area is 247 Å². The van der Waals surface area contributed by atoms with Crippen LogP contribution in [0.3, 0.4) is 0 Å². The van der Waals surface area contributed by atoms with Crippen LogP contribution in [-0.4, -0.2) is 81.4 Å². The highest BCUT2D eigenvalue weighted by Crippen LogP contribution is 2.30. The number of aryl methyl sites for hydroxylation is 2. The Kier molecular flexibility index (Phi) is 11.7. The number of ketones is 1. The first kappa shape index (κ1) is 33.1. The molecule has 43 heavy (non-hydrogen) atoms. The Morgan fingerprint density at radius 2 is 1.30 bits per heavy atom. The number of hydrogen-bond acceptors (Lipinski definition) is 13. The second kappa shape index (κ2) is 15.2. The fraction of sp³-hybridized carbons (Fsp3) is 0.467. The van der Waals surface area contributed by atoms with E-state index in [0.717, 1.165) is 20.8 Å². The highest BCUT2D eigenvalue weighted by atomic mass is 16.7. The van der Waals surface area contributed by atoms with Gasteiger partial charge in [0.25, 0.3) is 0 Å². The van der Waals surface area contributed by atoms with E-state index in [2.05, 4.69) is 0 Å². The Balaban J connectivity index is 1.80. The third kappa shape index (κ3) is 10.1. The number of Topliss-reactive ketones (excluding diaryl/α,β-unsaturated/α-hetero) is 1. The summed E-state index contributed by atoms with van der Waals surface area (Å²) in [4.78, 5) is 48.6. The van der Waals surface area contributed by atoms with Gasteiger partial charge in [0.1, 0.15) is 5.78 Å². The van der Waals surface area contributed by atoms with Gasteiger partial charge >= 0.3 is 17.9 Å². The molecule has 3 rings (SSSR count). The first-order valence-corrected chi connectivity index (χ1v) is 13.6. The Hall–Kier alpha value is -4.36. The molecule has 4 N–H and O–H groups in total. The average Bonchev–Trinajstić information content (AvgIpc) is 2.92. The quantitative estimate of drug-likeness (QED) is 0.148. The van der Waals surface area contributed by atoms with Crippen molar-refractivity contribution in [3.05, 3.63) is 47.5 Å². The lowest BCUT2D eigenvalue weighted by molar-refractivity contribution is -0.291. The predicted octanol–water partition coefficient (Wildman–Crippen LogP) is 2.57. The molecule has 13 heteroatoms. The molecule has 2 aromatic carbocycles. The van der Waals surface area contributed by atoms with Crippen LogP contribution in [0, 0.1) is 0 Å². The molecule has 1 aliphatic heterocycles. The number of rotatable bonds is 13. The summed E-state index contributed by atoms with van der Waals surface area (Å²) < 4.78 is 27.9. The minimum absolute atomic E-state index is 0.0770. The largest absolute Gasteiger partial charge is 0.504 e. The summed E-state index contributed by atoms with van der Waals surface area (Å²) >= 11 is 0. The number of hydrogen-bond donors (Lipinski definition) is 4. The molecule has 13 nitrogen and oxygen atoms in total. The van der Waals surface area contributed by atoms with Crippen molar-refractivity contribution >= 4 is 23.7 Å². The fourth-order valence-corrected chi connectivity index (χ4v) is 4.65. The number of esters is 3. The molecule has 0 aromatic heterocycles. The first-order valence-electron chi connectivity index (χ1n) is 13.6. The van der Waals surface area contributed by atoms with Crippen molar-refractivity contribution in [3.63, 3.8) is 0 Å². The Morgan fingerprint density at radius 3 is 1.84 bits per heavy atom. The van der Waals surface area contributed by atoms with Crippen molar-refractivity contribution in [2.24, 2.45) is 0 Å². The standard InChI is InChI=1S/C30H36O13/c1-16(31)40-27-15-39-30(29(42-18(3)33)28(27)41-17(2)32)43-22(9-5-20-7-11-24(36)26(38)13-20)14-21(34)8-4-19-6-10-23(35)25(37)12-19/h6-7,10-13,22,27-30,35-38H,4-5,8-9,14-15H2,1-3H3. The number of carbonyl (C=O) groups excluding carboxylic acids is 4. The van der Waals surface area contributed by atoms with E-state index in [1.54, 1.807) is 12.1 Å². The molecular formula is C30H36O13. The van der Waals surface area contributed by atoms with Crippen molar-refractivity contribution in [3.8, 4) is 23.0 Å². The fourth-order valence-electron chi connectivity index (χ4n) is 4.65. The normalized spacial score (nSPS) is 20.5. The number of phenolic OH excluding ortho intramolecular Hbond substituents is 4. The maximum atomic E-state index is 13.1. The van der Waals surface area contributed by atoms with Gasteiger partial charge in [-0.2, -0.15) is 0 Å². The van der Waals surface area contributed by atoms with Gasteiger partial charge in [-0.1, -0.05) is 12.1 Å².